The molecule has 140 valence electrons. The van der Waals surface area contributed by atoms with Crippen LogP contribution in [-0.2, 0) is 13.0 Å². The number of nitrogens with two attached hydrogens (primary N) is 1. The first-order chi connectivity index (χ1) is 13.7. The molecule has 0 spiro atoms. The summed E-state index contributed by atoms with van der Waals surface area (Å²) >= 11 is 0. The second-order valence-electron chi connectivity index (χ2n) is 6.32. The topological polar surface area (TPSA) is 74.2 Å². The summed E-state index contributed by atoms with van der Waals surface area (Å²) in [6, 6.07) is 19.7. The molecule has 2 heterocycles. The molecule has 0 bridgehead atoms. The van der Waals surface area contributed by atoms with Crippen LogP contribution in [0.2, 0.25) is 0 Å². The Kier molecular flexibility index (Phi) is 5.01. The van der Waals surface area contributed by atoms with Crippen molar-refractivity contribution in [2.75, 3.05) is 5.73 Å². The van der Waals surface area contributed by atoms with Gasteiger partial charge in [0, 0.05) is 24.2 Å². The summed E-state index contributed by atoms with van der Waals surface area (Å²) < 4.78 is 24.7. The summed E-state index contributed by atoms with van der Waals surface area (Å²) in [7, 11) is 0. The number of aromatic nitrogens is 2. The van der Waals surface area contributed by atoms with E-state index < -0.39 is 0 Å². The Morgan fingerprint density at radius 1 is 1.00 bits per heavy atom. The van der Waals surface area contributed by atoms with Crippen molar-refractivity contribution >= 4 is 5.82 Å². The molecule has 0 atom stereocenters. The molecule has 0 saturated heterocycles. The minimum absolute atomic E-state index is 0.186. The molecule has 0 aliphatic carbocycles. The standard InChI is InChI=1S/C22H18FN3O2/c23-20-6-2-1-4-16(20)14-27-18-9-7-15(8-10-18)12-17-13-21(28-26-17)19-5-3-11-25-22(19)24/h1-11,13H,12,14H2,(H2,24,25). The number of pyridine rings is 1. The van der Waals surface area contributed by atoms with Crippen molar-refractivity contribution in [1.82, 2.24) is 10.1 Å². The lowest BCUT2D eigenvalue weighted by molar-refractivity contribution is 0.300. The van der Waals surface area contributed by atoms with Crippen molar-refractivity contribution in [3.05, 3.63) is 95.6 Å². The third-order valence-corrected chi connectivity index (χ3v) is 4.32. The van der Waals surface area contributed by atoms with Crippen LogP contribution in [0.25, 0.3) is 11.3 Å². The molecule has 4 rings (SSSR count). The van der Waals surface area contributed by atoms with E-state index in [4.69, 9.17) is 15.0 Å². The van der Waals surface area contributed by atoms with Crippen LogP contribution in [0.4, 0.5) is 10.2 Å². The van der Waals surface area contributed by atoms with E-state index in [0.717, 1.165) is 16.8 Å². The van der Waals surface area contributed by atoms with Crippen molar-refractivity contribution in [3.8, 4) is 17.1 Å². The van der Waals surface area contributed by atoms with Crippen LogP contribution in [-0.4, -0.2) is 10.1 Å². The number of halogens is 1. The monoisotopic (exact) mass is 375 g/mol. The number of nitrogen functional groups attached to an aromatic ring is 1. The van der Waals surface area contributed by atoms with Gasteiger partial charge in [-0.2, -0.15) is 0 Å². The highest BCUT2D eigenvalue weighted by atomic mass is 19.1. The summed E-state index contributed by atoms with van der Waals surface area (Å²) in [6.45, 7) is 0.186. The Balaban J connectivity index is 1.40. The Bertz CT molecular complexity index is 1080. The normalized spacial score (nSPS) is 10.8. The zero-order valence-corrected chi connectivity index (χ0v) is 15.0. The van der Waals surface area contributed by atoms with Crippen molar-refractivity contribution < 1.29 is 13.7 Å². The first-order valence-electron chi connectivity index (χ1n) is 8.80. The molecule has 0 unspecified atom stereocenters. The minimum atomic E-state index is -0.268. The highest BCUT2D eigenvalue weighted by Crippen LogP contribution is 2.25. The number of hydrogen-bond donors (Lipinski definition) is 1. The smallest absolute Gasteiger partial charge is 0.170 e. The number of hydrogen-bond acceptors (Lipinski definition) is 5. The van der Waals surface area contributed by atoms with Crippen molar-refractivity contribution in [2.45, 2.75) is 13.0 Å². The quantitative estimate of drug-likeness (QED) is 0.532. The van der Waals surface area contributed by atoms with Gasteiger partial charge in [-0.05, 0) is 35.9 Å². The Morgan fingerprint density at radius 2 is 1.82 bits per heavy atom. The number of benzene rings is 2. The van der Waals surface area contributed by atoms with Crippen LogP contribution < -0.4 is 10.5 Å². The largest absolute Gasteiger partial charge is 0.489 e. The molecule has 6 heteroatoms. The molecular weight excluding hydrogens is 357 g/mol. The van der Waals surface area contributed by atoms with Gasteiger partial charge in [0.1, 0.15) is 24.0 Å². The fourth-order valence-electron chi connectivity index (χ4n) is 2.84. The summed E-state index contributed by atoms with van der Waals surface area (Å²) in [4.78, 5) is 4.06. The highest BCUT2D eigenvalue weighted by Gasteiger charge is 2.11. The van der Waals surface area contributed by atoms with Gasteiger partial charge in [-0.3, -0.25) is 0 Å². The van der Waals surface area contributed by atoms with Gasteiger partial charge in [-0.25, -0.2) is 9.37 Å². The van der Waals surface area contributed by atoms with E-state index >= 15 is 0 Å². The first-order valence-corrected chi connectivity index (χ1v) is 8.80. The minimum Gasteiger partial charge on any atom is -0.489 e. The van der Waals surface area contributed by atoms with Crippen LogP contribution in [0.3, 0.4) is 0 Å². The first kappa shape index (κ1) is 17.7. The fraction of sp³-hybridized carbons (Fsp3) is 0.0909. The summed E-state index contributed by atoms with van der Waals surface area (Å²) in [5, 5.41) is 4.11. The van der Waals surface area contributed by atoms with Crippen LogP contribution in [0, 0.1) is 5.82 Å². The summed E-state index contributed by atoms with van der Waals surface area (Å²) in [5.74, 6) is 1.40. The maximum absolute atomic E-state index is 13.6. The van der Waals surface area contributed by atoms with E-state index in [2.05, 4.69) is 10.1 Å². The third-order valence-electron chi connectivity index (χ3n) is 4.32. The SMILES string of the molecule is Nc1ncccc1-c1cc(Cc2ccc(OCc3ccccc3F)cc2)no1. The maximum Gasteiger partial charge on any atom is 0.170 e. The molecule has 0 radical (unpaired) electrons. The molecule has 5 nitrogen and oxygen atoms in total. The second-order valence-corrected chi connectivity index (χ2v) is 6.32. The van der Waals surface area contributed by atoms with Gasteiger partial charge >= 0.3 is 0 Å². The van der Waals surface area contributed by atoms with Gasteiger partial charge in [0.05, 0.1) is 11.3 Å². The van der Waals surface area contributed by atoms with E-state index in [1.165, 1.54) is 6.07 Å². The number of nitrogens with zero attached hydrogens (tertiary/aromatic N) is 2. The molecule has 2 N–H and O–H groups in total. The maximum atomic E-state index is 13.6. The van der Waals surface area contributed by atoms with Crippen LogP contribution in [0.5, 0.6) is 5.75 Å². The predicted octanol–water partition coefficient (Wildman–Crippen LogP) is 4.63. The van der Waals surface area contributed by atoms with Crippen molar-refractivity contribution in [3.63, 3.8) is 0 Å². The lowest BCUT2D eigenvalue weighted by atomic mass is 10.1. The second kappa shape index (κ2) is 7.92. The number of anilines is 1. The van der Waals surface area contributed by atoms with E-state index in [1.54, 1.807) is 30.5 Å². The van der Waals surface area contributed by atoms with E-state index in [1.807, 2.05) is 36.4 Å². The molecule has 28 heavy (non-hydrogen) atoms. The zero-order valence-electron chi connectivity index (χ0n) is 15.0. The zero-order chi connectivity index (χ0) is 19.3. The molecule has 0 aliphatic rings. The lowest BCUT2D eigenvalue weighted by Crippen LogP contribution is -1.98. The van der Waals surface area contributed by atoms with Gasteiger partial charge in [-0.15, -0.1) is 0 Å². The average Bonchev–Trinajstić information content (AvgIpc) is 3.17. The number of rotatable bonds is 6. The highest BCUT2D eigenvalue weighted by molar-refractivity contribution is 5.69. The molecule has 2 aromatic carbocycles. The molecule has 0 aliphatic heterocycles. The van der Waals surface area contributed by atoms with Gasteiger partial charge in [0.15, 0.2) is 5.76 Å². The molecular formula is C22H18FN3O2. The van der Waals surface area contributed by atoms with Crippen LogP contribution in [0.1, 0.15) is 16.8 Å². The predicted molar refractivity (Wildman–Crippen MR) is 104 cm³/mol. The fourth-order valence-corrected chi connectivity index (χ4v) is 2.84. The summed E-state index contributed by atoms with van der Waals surface area (Å²) in [6.07, 6.45) is 2.24. The van der Waals surface area contributed by atoms with Gasteiger partial charge < -0.3 is 15.0 Å². The lowest BCUT2D eigenvalue weighted by Gasteiger charge is -2.07. The molecule has 4 aromatic rings. The van der Waals surface area contributed by atoms with Crippen LogP contribution >= 0.6 is 0 Å². The summed E-state index contributed by atoms with van der Waals surface area (Å²) in [5.41, 5.74) is 8.96. The molecule has 0 amide bonds. The van der Waals surface area contributed by atoms with Crippen molar-refractivity contribution in [1.29, 1.82) is 0 Å². The Morgan fingerprint density at radius 3 is 2.61 bits per heavy atom. The van der Waals surface area contributed by atoms with Gasteiger partial charge in [0.2, 0.25) is 0 Å². The van der Waals surface area contributed by atoms with Gasteiger partial charge in [-0.1, -0.05) is 35.5 Å². The number of ether oxygens (including phenoxy) is 1. The average molecular weight is 375 g/mol. The van der Waals surface area contributed by atoms with Gasteiger partial charge in [0.25, 0.3) is 0 Å². The third kappa shape index (κ3) is 4.01. The van der Waals surface area contributed by atoms with E-state index in [9.17, 15) is 4.39 Å². The Hall–Kier alpha value is -3.67. The van der Waals surface area contributed by atoms with E-state index in [-0.39, 0.29) is 12.4 Å². The van der Waals surface area contributed by atoms with Crippen molar-refractivity contribution in [2.24, 2.45) is 0 Å². The molecule has 2 aromatic heterocycles. The Labute approximate surface area is 161 Å². The molecule has 0 saturated carbocycles. The van der Waals surface area contributed by atoms with Crippen LogP contribution in [0.15, 0.2) is 77.4 Å². The molecule has 0 fully saturated rings. The van der Waals surface area contributed by atoms with E-state index in [0.29, 0.717) is 29.3 Å².